The summed E-state index contributed by atoms with van der Waals surface area (Å²) in [4.78, 5) is 26.9. The van der Waals surface area contributed by atoms with Gasteiger partial charge < -0.3 is 19.7 Å². The fourth-order valence-electron chi connectivity index (χ4n) is 4.14. The molecule has 0 aromatic heterocycles. The predicted molar refractivity (Wildman–Crippen MR) is 112 cm³/mol. The van der Waals surface area contributed by atoms with Gasteiger partial charge in [-0.1, -0.05) is 25.3 Å². The highest BCUT2D eigenvalue weighted by Gasteiger charge is 2.24. The van der Waals surface area contributed by atoms with Gasteiger partial charge in [0, 0.05) is 24.7 Å². The summed E-state index contributed by atoms with van der Waals surface area (Å²) in [5, 5.41) is 3.08. The van der Waals surface area contributed by atoms with Crippen molar-refractivity contribution >= 4 is 11.8 Å². The van der Waals surface area contributed by atoms with Gasteiger partial charge in [0.2, 0.25) is 5.91 Å². The number of hydrogen-bond donors (Lipinski definition) is 1. The highest BCUT2D eigenvalue weighted by molar-refractivity contribution is 5.95. The summed E-state index contributed by atoms with van der Waals surface area (Å²) < 4.78 is 10.5. The maximum absolute atomic E-state index is 12.6. The number of ether oxygens (including phenoxy) is 2. The molecule has 0 unspecified atom stereocenters. The lowest BCUT2D eigenvalue weighted by atomic mass is 9.89. The highest BCUT2D eigenvalue weighted by atomic mass is 16.5. The van der Waals surface area contributed by atoms with E-state index in [1.165, 1.54) is 32.1 Å². The average Bonchev–Trinajstić information content (AvgIpc) is 2.78. The summed E-state index contributed by atoms with van der Waals surface area (Å²) in [6, 6.07) is 5.21. The molecule has 1 saturated carbocycles. The molecule has 1 aromatic carbocycles. The van der Waals surface area contributed by atoms with Gasteiger partial charge in [0.25, 0.3) is 5.91 Å². The quantitative estimate of drug-likeness (QED) is 0.742. The first kappa shape index (κ1) is 21.2. The maximum atomic E-state index is 12.6. The number of methoxy groups -OCH3 is 2. The Kier molecular flexibility index (Phi) is 7.55. The predicted octanol–water partition coefficient (Wildman–Crippen LogP) is 3.56. The summed E-state index contributed by atoms with van der Waals surface area (Å²) in [6.45, 7) is 1.34. The van der Waals surface area contributed by atoms with Crippen LogP contribution in [0.15, 0.2) is 30.4 Å². The van der Waals surface area contributed by atoms with Gasteiger partial charge in [0.05, 0.1) is 14.2 Å². The van der Waals surface area contributed by atoms with Crippen molar-refractivity contribution in [3.05, 3.63) is 35.9 Å². The van der Waals surface area contributed by atoms with Crippen molar-refractivity contribution in [3.8, 4) is 11.5 Å². The molecule has 1 aliphatic heterocycles. The zero-order valence-corrected chi connectivity index (χ0v) is 17.5. The number of nitrogens with zero attached hydrogens (tertiary/aromatic N) is 1. The molecule has 1 heterocycles. The van der Waals surface area contributed by atoms with Gasteiger partial charge >= 0.3 is 0 Å². The monoisotopic (exact) mass is 400 g/mol. The van der Waals surface area contributed by atoms with Gasteiger partial charge in [0.15, 0.2) is 11.5 Å². The molecular weight excluding hydrogens is 368 g/mol. The number of amides is 2. The van der Waals surface area contributed by atoms with Crippen LogP contribution in [0.1, 0.15) is 55.3 Å². The first-order chi connectivity index (χ1) is 14.1. The number of carbonyl (C=O) groups is 2. The Hall–Kier alpha value is -2.50. The van der Waals surface area contributed by atoms with E-state index < -0.39 is 0 Å². The van der Waals surface area contributed by atoms with Crippen LogP contribution in [0.5, 0.6) is 11.5 Å². The topological polar surface area (TPSA) is 67.9 Å². The van der Waals surface area contributed by atoms with Gasteiger partial charge in [-0.25, -0.2) is 0 Å². The van der Waals surface area contributed by atoms with Crippen molar-refractivity contribution in [3.63, 3.8) is 0 Å². The molecule has 6 nitrogen and oxygen atoms in total. The van der Waals surface area contributed by atoms with E-state index in [1.54, 1.807) is 38.5 Å². The van der Waals surface area contributed by atoms with Crippen molar-refractivity contribution in [2.24, 2.45) is 5.92 Å². The fourth-order valence-corrected chi connectivity index (χ4v) is 4.14. The minimum absolute atomic E-state index is 0.0713. The highest BCUT2D eigenvalue weighted by Crippen LogP contribution is 2.28. The van der Waals surface area contributed by atoms with Crippen LogP contribution in [0.4, 0.5) is 0 Å². The molecule has 3 rings (SSSR count). The lowest BCUT2D eigenvalue weighted by Crippen LogP contribution is -2.46. The second-order valence-corrected chi connectivity index (χ2v) is 7.90. The van der Waals surface area contributed by atoms with E-state index in [0.29, 0.717) is 36.1 Å². The Bertz CT molecular complexity index is 732. The summed E-state index contributed by atoms with van der Waals surface area (Å²) in [7, 11) is 3.12. The minimum atomic E-state index is -0.132. The molecule has 29 heavy (non-hydrogen) atoms. The van der Waals surface area contributed by atoms with Crippen molar-refractivity contribution in [2.45, 2.75) is 51.0 Å². The Morgan fingerprint density at radius 1 is 1.00 bits per heavy atom. The van der Waals surface area contributed by atoms with E-state index in [0.717, 1.165) is 12.8 Å². The molecule has 0 radical (unpaired) electrons. The van der Waals surface area contributed by atoms with Crippen LogP contribution < -0.4 is 14.8 Å². The first-order valence-corrected chi connectivity index (χ1v) is 10.6. The Balaban J connectivity index is 1.47. The van der Waals surface area contributed by atoms with E-state index in [-0.39, 0.29) is 17.9 Å². The zero-order chi connectivity index (χ0) is 20.6. The summed E-state index contributed by atoms with van der Waals surface area (Å²) in [5.74, 6) is 1.65. The average molecular weight is 401 g/mol. The van der Waals surface area contributed by atoms with Crippen molar-refractivity contribution in [1.29, 1.82) is 0 Å². The molecule has 2 fully saturated rings. The minimum Gasteiger partial charge on any atom is -0.493 e. The molecule has 1 saturated heterocycles. The number of carbonyl (C=O) groups excluding carboxylic acids is 2. The molecule has 2 aliphatic rings. The number of hydrogen-bond acceptors (Lipinski definition) is 4. The third-order valence-corrected chi connectivity index (χ3v) is 5.95. The van der Waals surface area contributed by atoms with Gasteiger partial charge in [-0.15, -0.1) is 0 Å². The second kappa shape index (κ2) is 10.3. The normalized spacial score (nSPS) is 18.6. The zero-order valence-electron chi connectivity index (χ0n) is 17.5. The molecule has 1 aliphatic carbocycles. The molecular formula is C23H32N2O4. The smallest absolute Gasteiger partial charge is 0.251 e. The van der Waals surface area contributed by atoms with Gasteiger partial charge in [0.1, 0.15) is 0 Å². The number of nitrogens with one attached hydrogen (secondary N) is 1. The SMILES string of the molecule is COc1ccc(C(=O)NC2CCN(C(=O)/C=C/C3CCCCC3)CC2)cc1OC. The third kappa shape index (κ3) is 5.75. The van der Waals surface area contributed by atoms with E-state index in [9.17, 15) is 9.59 Å². The molecule has 6 heteroatoms. The van der Waals surface area contributed by atoms with Gasteiger partial charge in [-0.3, -0.25) is 9.59 Å². The van der Waals surface area contributed by atoms with E-state index in [4.69, 9.17) is 9.47 Å². The van der Waals surface area contributed by atoms with Gasteiger partial charge in [-0.05, 0) is 55.9 Å². The fraction of sp³-hybridized carbons (Fsp3) is 0.565. The second-order valence-electron chi connectivity index (χ2n) is 7.90. The number of rotatable bonds is 6. The largest absolute Gasteiger partial charge is 0.493 e. The molecule has 1 N–H and O–H groups in total. The first-order valence-electron chi connectivity index (χ1n) is 10.6. The van der Waals surface area contributed by atoms with Crippen LogP contribution in [0.25, 0.3) is 0 Å². The van der Waals surface area contributed by atoms with E-state index >= 15 is 0 Å². The summed E-state index contributed by atoms with van der Waals surface area (Å²) >= 11 is 0. The van der Waals surface area contributed by atoms with Crippen LogP contribution in [0, 0.1) is 5.92 Å². The van der Waals surface area contributed by atoms with Crippen LogP contribution in [0.2, 0.25) is 0 Å². The Morgan fingerprint density at radius 2 is 1.69 bits per heavy atom. The van der Waals surface area contributed by atoms with Crippen LogP contribution in [0.3, 0.4) is 0 Å². The summed E-state index contributed by atoms with van der Waals surface area (Å²) in [6.07, 6.45) is 11.7. The van der Waals surface area contributed by atoms with Gasteiger partial charge in [-0.2, -0.15) is 0 Å². The number of likely N-dealkylation sites (tertiary alicyclic amines) is 1. The summed E-state index contributed by atoms with van der Waals surface area (Å²) in [5.41, 5.74) is 0.538. The number of allylic oxidation sites excluding steroid dienone is 1. The standard InChI is InChI=1S/C23H32N2O4/c1-28-20-10-9-18(16-21(20)29-2)23(27)24-19-12-14-25(15-13-19)22(26)11-8-17-6-4-3-5-7-17/h8-11,16-17,19H,3-7,12-15H2,1-2H3,(H,24,27)/b11-8+. The van der Waals surface area contributed by atoms with Crippen LogP contribution in [-0.2, 0) is 4.79 Å². The Morgan fingerprint density at radius 3 is 2.34 bits per heavy atom. The molecule has 1 aromatic rings. The maximum Gasteiger partial charge on any atom is 0.251 e. The van der Waals surface area contributed by atoms with E-state index in [2.05, 4.69) is 11.4 Å². The molecule has 2 amide bonds. The van der Waals surface area contributed by atoms with E-state index in [1.807, 2.05) is 4.90 Å². The number of piperidine rings is 1. The van der Waals surface area contributed by atoms with Crippen molar-refractivity contribution in [1.82, 2.24) is 10.2 Å². The van der Waals surface area contributed by atoms with Crippen LogP contribution in [-0.4, -0.2) is 50.1 Å². The molecule has 0 spiro atoms. The van der Waals surface area contributed by atoms with Crippen LogP contribution >= 0.6 is 0 Å². The molecule has 158 valence electrons. The third-order valence-electron chi connectivity index (χ3n) is 5.95. The lowest BCUT2D eigenvalue weighted by molar-refractivity contribution is -0.127. The Labute approximate surface area is 173 Å². The van der Waals surface area contributed by atoms with Crippen molar-refractivity contribution in [2.75, 3.05) is 27.3 Å². The lowest BCUT2D eigenvalue weighted by Gasteiger charge is -2.32. The molecule has 0 atom stereocenters. The van der Waals surface area contributed by atoms with Crippen molar-refractivity contribution < 1.29 is 19.1 Å². The molecule has 0 bridgehead atoms. The number of benzene rings is 1.